The van der Waals surface area contributed by atoms with E-state index in [1.165, 1.54) is 0 Å². The lowest BCUT2D eigenvalue weighted by Crippen LogP contribution is -2.14. The van der Waals surface area contributed by atoms with E-state index < -0.39 is 69.4 Å². The Balaban J connectivity index is 2.39. The average Bonchev–Trinajstić information content (AvgIpc) is 2.49. The molecule has 0 aromatic heterocycles. The number of hydrogen-bond donors (Lipinski definition) is 0. The van der Waals surface area contributed by atoms with E-state index in [2.05, 4.69) is 0 Å². The van der Waals surface area contributed by atoms with Crippen molar-refractivity contribution >= 4 is 21.6 Å². The van der Waals surface area contributed by atoms with E-state index in [-0.39, 0.29) is 33.7 Å². The standard InChI is InChI=1S/C16H8F10S2/c17-7-1-11(19)9(5-15(21,22)23)13(3-7)27-28-14-4-8(18)2-12(20)10(14)6-16(24,25)26/h1-4H,5-6H2. The van der Waals surface area contributed by atoms with Crippen molar-refractivity contribution in [2.75, 3.05) is 0 Å². The maximum Gasteiger partial charge on any atom is 0.393 e. The Hall–Kier alpha value is -1.56. The van der Waals surface area contributed by atoms with Gasteiger partial charge in [0.25, 0.3) is 0 Å². The van der Waals surface area contributed by atoms with Crippen molar-refractivity contribution in [1.29, 1.82) is 0 Å². The van der Waals surface area contributed by atoms with E-state index >= 15 is 0 Å². The van der Waals surface area contributed by atoms with Crippen molar-refractivity contribution < 1.29 is 43.9 Å². The van der Waals surface area contributed by atoms with E-state index in [0.717, 1.165) is 0 Å². The predicted octanol–water partition coefficient (Wildman–Crippen LogP) is 7.25. The molecule has 0 heterocycles. The quantitative estimate of drug-likeness (QED) is 0.345. The first kappa shape index (κ1) is 22.7. The molecule has 0 saturated carbocycles. The van der Waals surface area contributed by atoms with E-state index in [9.17, 15) is 43.9 Å². The van der Waals surface area contributed by atoms with Crippen molar-refractivity contribution in [1.82, 2.24) is 0 Å². The van der Waals surface area contributed by atoms with Gasteiger partial charge in [-0.1, -0.05) is 21.6 Å². The van der Waals surface area contributed by atoms with Gasteiger partial charge in [-0.15, -0.1) is 0 Å². The van der Waals surface area contributed by atoms with Gasteiger partial charge in [-0.2, -0.15) is 26.3 Å². The molecule has 0 amide bonds. The second kappa shape index (κ2) is 8.44. The summed E-state index contributed by atoms with van der Waals surface area (Å²) in [6.45, 7) is 0. The highest BCUT2D eigenvalue weighted by atomic mass is 33.1. The van der Waals surface area contributed by atoms with Crippen LogP contribution in [0.15, 0.2) is 34.1 Å². The molecule has 0 atom stereocenters. The lowest BCUT2D eigenvalue weighted by molar-refractivity contribution is -0.129. The Morgan fingerprint density at radius 3 is 1.18 bits per heavy atom. The minimum atomic E-state index is -4.84. The van der Waals surface area contributed by atoms with E-state index in [1.54, 1.807) is 0 Å². The second-order valence-electron chi connectivity index (χ2n) is 5.48. The molecule has 0 aliphatic carbocycles. The Kier molecular flexibility index (Phi) is 6.85. The summed E-state index contributed by atoms with van der Waals surface area (Å²) in [4.78, 5) is -1.13. The normalized spacial score (nSPS) is 12.5. The number of benzene rings is 2. The van der Waals surface area contributed by atoms with Gasteiger partial charge in [0.15, 0.2) is 0 Å². The summed E-state index contributed by atoms with van der Waals surface area (Å²) in [6.07, 6.45) is -13.2. The van der Waals surface area contributed by atoms with Crippen LogP contribution in [0.4, 0.5) is 43.9 Å². The minimum Gasteiger partial charge on any atom is -0.207 e. The fraction of sp³-hybridized carbons (Fsp3) is 0.250. The van der Waals surface area contributed by atoms with E-state index in [4.69, 9.17) is 0 Å². The third kappa shape index (κ3) is 6.50. The van der Waals surface area contributed by atoms with Crippen molar-refractivity contribution in [2.45, 2.75) is 35.0 Å². The van der Waals surface area contributed by atoms with Crippen LogP contribution in [0.25, 0.3) is 0 Å². The summed E-state index contributed by atoms with van der Waals surface area (Å²) in [5, 5.41) is 0. The smallest absolute Gasteiger partial charge is 0.207 e. The van der Waals surface area contributed by atoms with Crippen LogP contribution >= 0.6 is 21.6 Å². The number of halogens is 10. The number of alkyl halides is 6. The summed E-state index contributed by atoms with van der Waals surface area (Å²) < 4.78 is 130. The lowest BCUT2D eigenvalue weighted by atomic mass is 10.1. The third-order valence-electron chi connectivity index (χ3n) is 3.21. The zero-order valence-electron chi connectivity index (χ0n) is 13.3. The molecule has 154 valence electrons. The molecule has 0 saturated heterocycles. The molecule has 0 N–H and O–H groups in total. The second-order valence-corrected chi connectivity index (χ2v) is 7.69. The summed E-state index contributed by atoms with van der Waals surface area (Å²) in [7, 11) is 0.525. The molecule has 0 bridgehead atoms. The molecule has 0 aliphatic heterocycles. The van der Waals surface area contributed by atoms with Crippen molar-refractivity contribution in [3.05, 3.63) is 58.7 Å². The summed E-state index contributed by atoms with van der Waals surface area (Å²) in [5.41, 5.74) is -1.86. The van der Waals surface area contributed by atoms with Crippen molar-refractivity contribution in [2.24, 2.45) is 0 Å². The van der Waals surface area contributed by atoms with Gasteiger partial charge in [0, 0.05) is 33.1 Å². The van der Waals surface area contributed by atoms with E-state index in [0.29, 0.717) is 12.1 Å². The molecule has 28 heavy (non-hydrogen) atoms. The molecular weight excluding hydrogens is 446 g/mol. The highest BCUT2D eigenvalue weighted by molar-refractivity contribution is 8.76. The summed E-state index contributed by atoms with van der Waals surface area (Å²) in [6, 6.07) is 1.57. The third-order valence-corrected chi connectivity index (χ3v) is 5.71. The van der Waals surface area contributed by atoms with Gasteiger partial charge in [0.05, 0.1) is 12.8 Å². The first-order valence-corrected chi connectivity index (χ1v) is 9.34. The number of hydrogen-bond acceptors (Lipinski definition) is 2. The highest BCUT2D eigenvalue weighted by Gasteiger charge is 2.33. The topological polar surface area (TPSA) is 0 Å². The van der Waals surface area contributed by atoms with Gasteiger partial charge in [-0.3, -0.25) is 0 Å². The van der Waals surface area contributed by atoms with Crippen LogP contribution in [0.5, 0.6) is 0 Å². The molecular formula is C16H8F10S2. The Bertz CT molecular complexity index is 786. The van der Waals surface area contributed by atoms with Gasteiger partial charge in [0.2, 0.25) is 0 Å². The van der Waals surface area contributed by atoms with Gasteiger partial charge in [0.1, 0.15) is 23.3 Å². The molecule has 2 aromatic carbocycles. The van der Waals surface area contributed by atoms with Crippen LogP contribution in [0.3, 0.4) is 0 Å². The van der Waals surface area contributed by atoms with Crippen molar-refractivity contribution in [3.63, 3.8) is 0 Å². The molecule has 0 fully saturated rings. The maximum absolute atomic E-state index is 13.8. The largest absolute Gasteiger partial charge is 0.393 e. The fourth-order valence-corrected chi connectivity index (χ4v) is 4.61. The molecule has 0 nitrogen and oxygen atoms in total. The van der Waals surface area contributed by atoms with E-state index in [1.807, 2.05) is 0 Å². The first-order chi connectivity index (χ1) is 12.7. The van der Waals surface area contributed by atoms with Crippen molar-refractivity contribution in [3.8, 4) is 0 Å². The van der Waals surface area contributed by atoms with Crippen LogP contribution in [-0.2, 0) is 12.8 Å². The molecule has 0 spiro atoms. The molecule has 2 aromatic rings. The zero-order valence-corrected chi connectivity index (χ0v) is 15.0. The van der Waals surface area contributed by atoms with Crippen LogP contribution in [0.2, 0.25) is 0 Å². The van der Waals surface area contributed by atoms with Crippen LogP contribution in [-0.4, -0.2) is 12.4 Å². The number of rotatable bonds is 5. The molecule has 0 radical (unpaired) electrons. The average molecular weight is 454 g/mol. The monoisotopic (exact) mass is 454 g/mol. The minimum absolute atomic E-state index is 0.229. The first-order valence-electron chi connectivity index (χ1n) is 7.19. The molecule has 0 aliphatic rings. The summed E-state index contributed by atoms with van der Waals surface area (Å²) in [5.74, 6) is -5.43. The Labute approximate surface area is 159 Å². The highest BCUT2D eigenvalue weighted by Crippen LogP contribution is 2.44. The van der Waals surface area contributed by atoms with Gasteiger partial charge < -0.3 is 0 Å². The molecule has 0 unspecified atom stereocenters. The van der Waals surface area contributed by atoms with Crippen LogP contribution < -0.4 is 0 Å². The molecule has 12 heteroatoms. The SMILES string of the molecule is Fc1cc(F)c(CC(F)(F)F)c(SSc2cc(F)cc(F)c2CC(F)(F)F)c1. The fourth-order valence-electron chi connectivity index (χ4n) is 2.14. The lowest BCUT2D eigenvalue weighted by Gasteiger charge is -2.15. The van der Waals surface area contributed by atoms with Gasteiger partial charge >= 0.3 is 12.4 Å². The van der Waals surface area contributed by atoms with Crippen LogP contribution in [0, 0.1) is 23.3 Å². The van der Waals surface area contributed by atoms with Gasteiger partial charge in [-0.25, -0.2) is 17.6 Å². The zero-order chi connectivity index (χ0) is 21.3. The molecule has 2 rings (SSSR count). The Morgan fingerprint density at radius 1 is 0.571 bits per heavy atom. The predicted molar refractivity (Wildman–Crippen MR) is 83.9 cm³/mol. The van der Waals surface area contributed by atoms with Crippen LogP contribution in [0.1, 0.15) is 11.1 Å². The maximum atomic E-state index is 13.8. The Morgan fingerprint density at radius 2 is 0.893 bits per heavy atom. The summed E-state index contributed by atoms with van der Waals surface area (Å²) >= 11 is 0. The van der Waals surface area contributed by atoms with Gasteiger partial charge in [-0.05, 0) is 12.1 Å².